The van der Waals surface area contributed by atoms with Crippen LogP contribution in [0.1, 0.15) is 36.5 Å². The third-order valence-corrected chi connectivity index (χ3v) is 6.28. The minimum absolute atomic E-state index is 0.0537. The van der Waals surface area contributed by atoms with Crippen molar-refractivity contribution in [2.24, 2.45) is 23.5 Å². The van der Waals surface area contributed by atoms with E-state index in [1.165, 1.54) is 16.7 Å². The molecule has 0 aromatic heterocycles. The van der Waals surface area contributed by atoms with Gasteiger partial charge in [-0.2, -0.15) is 0 Å². The average Bonchev–Trinajstić information content (AvgIpc) is 2.86. The van der Waals surface area contributed by atoms with Crippen LogP contribution >= 0.6 is 0 Å². The zero-order valence-corrected chi connectivity index (χ0v) is 12.9. The molecule has 2 N–H and O–H groups in total. The molecule has 4 rings (SSSR count). The highest BCUT2D eigenvalue weighted by atomic mass is 16.2. The fraction of sp³-hybridized carbons (Fsp3) is 0.611. The van der Waals surface area contributed by atoms with Gasteiger partial charge in [-0.25, -0.2) is 0 Å². The molecule has 2 aliphatic heterocycles. The Kier molecular flexibility index (Phi) is 2.74. The van der Waals surface area contributed by atoms with E-state index in [4.69, 9.17) is 5.73 Å². The molecule has 0 unspecified atom stereocenters. The first kappa shape index (κ1) is 13.3. The molecule has 1 saturated heterocycles. The number of nitrogens with two attached hydrogens (primary N) is 1. The van der Waals surface area contributed by atoms with E-state index in [9.17, 15) is 4.79 Å². The Hall–Kier alpha value is -1.35. The maximum absolute atomic E-state index is 12.5. The standard InChI is InChI=1S/C18H24N2O/c1-11-3-4-15-13(7-11)5-6-20-17(21)8-16-14(10-19)12(2)9-18(15,16)20/h3-4,7,12,14,16H,5-6,8-10,19H2,1-2H3/t12-,14+,16-,18-/m0/s1. The van der Waals surface area contributed by atoms with Crippen molar-refractivity contribution in [2.75, 3.05) is 13.1 Å². The largest absolute Gasteiger partial charge is 0.332 e. The number of rotatable bonds is 1. The van der Waals surface area contributed by atoms with E-state index in [-0.39, 0.29) is 5.54 Å². The molecule has 112 valence electrons. The van der Waals surface area contributed by atoms with E-state index >= 15 is 0 Å². The van der Waals surface area contributed by atoms with Crippen LogP contribution in [0.3, 0.4) is 0 Å². The van der Waals surface area contributed by atoms with Gasteiger partial charge in [-0.05, 0) is 55.2 Å². The van der Waals surface area contributed by atoms with E-state index in [0.29, 0.717) is 36.6 Å². The monoisotopic (exact) mass is 284 g/mol. The third-order valence-electron chi connectivity index (χ3n) is 6.28. The predicted molar refractivity (Wildman–Crippen MR) is 82.7 cm³/mol. The van der Waals surface area contributed by atoms with Gasteiger partial charge in [-0.1, -0.05) is 30.7 Å². The van der Waals surface area contributed by atoms with E-state index in [2.05, 4.69) is 36.9 Å². The van der Waals surface area contributed by atoms with Crippen LogP contribution in [0.4, 0.5) is 0 Å². The van der Waals surface area contributed by atoms with Crippen LogP contribution in [0.2, 0.25) is 0 Å². The van der Waals surface area contributed by atoms with Crippen LogP contribution in [0.5, 0.6) is 0 Å². The van der Waals surface area contributed by atoms with Gasteiger partial charge in [0, 0.05) is 13.0 Å². The maximum atomic E-state index is 12.5. The second-order valence-electron chi connectivity index (χ2n) is 7.27. The lowest BCUT2D eigenvalue weighted by Gasteiger charge is -2.45. The summed E-state index contributed by atoms with van der Waals surface area (Å²) in [5, 5.41) is 0. The number of hydrogen-bond acceptors (Lipinski definition) is 2. The van der Waals surface area contributed by atoms with Crippen LogP contribution in [0, 0.1) is 24.7 Å². The van der Waals surface area contributed by atoms with Gasteiger partial charge in [0.15, 0.2) is 0 Å². The number of carbonyl (C=O) groups excluding carboxylic acids is 1. The van der Waals surface area contributed by atoms with Crippen LogP contribution in [-0.4, -0.2) is 23.9 Å². The molecular formula is C18H24N2O. The van der Waals surface area contributed by atoms with Crippen LogP contribution in [-0.2, 0) is 16.8 Å². The number of hydrogen-bond donors (Lipinski definition) is 1. The van der Waals surface area contributed by atoms with Crippen LogP contribution in [0.25, 0.3) is 0 Å². The Labute approximate surface area is 126 Å². The summed E-state index contributed by atoms with van der Waals surface area (Å²) in [7, 11) is 0. The van der Waals surface area contributed by atoms with Crippen molar-refractivity contribution in [3.63, 3.8) is 0 Å². The molecule has 3 aliphatic rings. The molecule has 1 spiro atoms. The molecule has 3 heteroatoms. The molecule has 1 aliphatic carbocycles. The van der Waals surface area contributed by atoms with Crippen molar-refractivity contribution in [2.45, 2.75) is 38.6 Å². The first-order valence-corrected chi connectivity index (χ1v) is 8.18. The number of amides is 1. The molecule has 21 heavy (non-hydrogen) atoms. The van der Waals surface area contributed by atoms with Crippen LogP contribution < -0.4 is 5.73 Å². The first-order chi connectivity index (χ1) is 10.1. The Morgan fingerprint density at radius 1 is 1.43 bits per heavy atom. The fourth-order valence-corrected chi connectivity index (χ4v) is 5.46. The first-order valence-electron chi connectivity index (χ1n) is 8.18. The number of nitrogens with zero attached hydrogens (tertiary/aromatic N) is 1. The molecule has 1 saturated carbocycles. The van der Waals surface area contributed by atoms with E-state index < -0.39 is 0 Å². The summed E-state index contributed by atoms with van der Waals surface area (Å²) >= 11 is 0. The molecule has 1 aromatic rings. The topological polar surface area (TPSA) is 46.3 Å². The average molecular weight is 284 g/mol. The molecule has 1 amide bonds. The van der Waals surface area contributed by atoms with Crippen LogP contribution in [0.15, 0.2) is 18.2 Å². The molecule has 2 fully saturated rings. The summed E-state index contributed by atoms with van der Waals surface area (Å²) in [6.07, 6.45) is 2.78. The summed E-state index contributed by atoms with van der Waals surface area (Å²) in [6, 6.07) is 6.81. The summed E-state index contributed by atoms with van der Waals surface area (Å²) in [6.45, 7) is 6.06. The lowest BCUT2D eigenvalue weighted by atomic mass is 9.74. The number of benzene rings is 1. The lowest BCUT2D eigenvalue weighted by molar-refractivity contribution is -0.132. The summed E-state index contributed by atoms with van der Waals surface area (Å²) < 4.78 is 0. The number of fused-ring (bicyclic) bond motifs is 1. The Morgan fingerprint density at radius 2 is 2.24 bits per heavy atom. The van der Waals surface area contributed by atoms with Gasteiger partial charge in [-0.3, -0.25) is 4.79 Å². The molecule has 2 heterocycles. The fourth-order valence-electron chi connectivity index (χ4n) is 5.46. The third kappa shape index (κ3) is 1.56. The van der Waals surface area contributed by atoms with Gasteiger partial charge in [-0.15, -0.1) is 0 Å². The molecule has 3 nitrogen and oxygen atoms in total. The summed E-state index contributed by atoms with van der Waals surface area (Å²) in [5.74, 6) is 1.83. The van der Waals surface area contributed by atoms with Gasteiger partial charge in [0.1, 0.15) is 0 Å². The summed E-state index contributed by atoms with van der Waals surface area (Å²) in [5.41, 5.74) is 10.2. The van der Waals surface area contributed by atoms with Gasteiger partial charge in [0.05, 0.1) is 5.54 Å². The second kappa shape index (κ2) is 4.33. The zero-order valence-electron chi connectivity index (χ0n) is 12.9. The number of aryl methyl sites for hydroxylation is 1. The van der Waals surface area contributed by atoms with E-state index in [0.717, 1.165) is 19.4 Å². The Balaban J connectivity index is 1.91. The highest BCUT2D eigenvalue weighted by molar-refractivity contribution is 5.82. The van der Waals surface area contributed by atoms with Crippen molar-refractivity contribution in [1.29, 1.82) is 0 Å². The Bertz CT molecular complexity index is 611. The Morgan fingerprint density at radius 3 is 3.00 bits per heavy atom. The van der Waals surface area contributed by atoms with Gasteiger partial charge in [0.2, 0.25) is 5.91 Å². The van der Waals surface area contributed by atoms with Gasteiger partial charge >= 0.3 is 0 Å². The van der Waals surface area contributed by atoms with E-state index in [1.54, 1.807) is 0 Å². The minimum Gasteiger partial charge on any atom is -0.332 e. The normalized spacial score (nSPS) is 37.4. The lowest BCUT2D eigenvalue weighted by Crippen LogP contribution is -2.49. The van der Waals surface area contributed by atoms with Crippen molar-refractivity contribution in [3.8, 4) is 0 Å². The highest BCUT2D eigenvalue weighted by Crippen LogP contribution is 2.60. The summed E-state index contributed by atoms with van der Waals surface area (Å²) in [4.78, 5) is 14.7. The number of carbonyl (C=O) groups is 1. The predicted octanol–water partition coefficient (Wildman–Crippen LogP) is 2.21. The SMILES string of the molecule is Cc1ccc2c(c1)CCN1C(=O)C[C@H]3[C@H](CN)[C@@H](C)C[C@]231. The highest BCUT2D eigenvalue weighted by Gasteiger charge is 2.62. The zero-order chi connectivity index (χ0) is 14.8. The van der Waals surface area contributed by atoms with Crippen molar-refractivity contribution in [1.82, 2.24) is 4.90 Å². The molecule has 1 aromatic carbocycles. The van der Waals surface area contributed by atoms with E-state index in [1.807, 2.05) is 0 Å². The molecule has 4 atom stereocenters. The maximum Gasteiger partial charge on any atom is 0.223 e. The van der Waals surface area contributed by atoms with Crippen molar-refractivity contribution in [3.05, 3.63) is 34.9 Å². The van der Waals surface area contributed by atoms with Crippen molar-refractivity contribution >= 4 is 5.91 Å². The molecule has 0 bridgehead atoms. The van der Waals surface area contributed by atoms with Gasteiger partial charge < -0.3 is 10.6 Å². The quantitative estimate of drug-likeness (QED) is 0.859. The second-order valence-corrected chi connectivity index (χ2v) is 7.27. The van der Waals surface area contributed by atoms with Crippen molar-refractivity contribution < 1.29 is 4.79 Å². The minimum atomic E-state index is -0.0537. The van der Waals surface area contributed by atoms with Gasteiger partial charge in [0.25, 0.3) is 0 Å². The molecule has 0 radical (unpaired) electrons. The molecular weight excluding hydrogens is 260 g/mol. The smallest absolute Gasteiger partial charge is 0.223 e.